The second kappa shape index (κ2) is 11.0. The molecule has 1 aromatic rings. The van der Waals surface area contributed by atoms with E-state index in [1.165, 1.54) is 76.2 Å². The third kappa shape index (κ3) is 6.09. The molecule has 2 nitrogen and oxygen atoms in total. The van der Waals surface area contributed by atoms with E-state index >= 15 is 0 Å². The third-order valence-electron chi connectivity index (χ3n) is 7.19. The largest absolute Gasteiger partial charge is 0.459 e. The summed E-state index contributed by atoms with van der Waals surface area (Å²) in [5.41, 5.74) is 2.13. The van der Waals surface area contributed by atoms with E-state index in [4.69, 9.17) is 4.74 Å². The maximum absolute atomic E-state index is 12.5. The predicted octanol–water partition coefficient (Wildman–Crippen LogP) is 7.67. The van der Waals surface area contributed by atoms with Crippen molar-refractivity contribution < 1.29 is 9.53 Å². The van der Waals surface area contributed by atoms with Gasteiger partial charge in [0.15, 0.2) is 0 Å². The van der Waals surface area contributed by atoms with Crippen LogP contribution in [0, 0.1) is 11.8 Å². The monoisotopic (exact) mass is 384 g/mol. The Morgan fingerprint density at radius 1 is 0.821 bits per heavy atom. The lowest BCUT2D eigenvalue weighted by molar-refractivity contribution is 0.0161. The summed E-state index contributed by atoms with van der Waals surface area (Å²) in [6, 6.07) is 8.32. The Morgan fingerprint density at radius 2 is 1.43 bits per heavy atom. The summed E-state index contributed by atoms with van der Waals surface area (Å²) >= 11 is 0. The highest BCUT2D eigenvalue weighted by Gasteiger charge is 2.25. The van der Waals surface area contributed by atoms with Gasteiger partial charge in [-0.2, -0.15) is 0 Å². The van der Waals surface area contributed by atoms with Crippen LogP contribution < -0.4 is 0 Å². The number of unbranched alkanes of at least 4 members (excludes halogenated alkanes) is 1. The van der Waals surface area contributed by atoms with Gasteiger partial charge in [0.25, 0.3) is 0 Å². The van der Waals surface area contributed by atoms with Gasteiger partial charge in [0.05, 0.1) is 5.56 Å². The zero-order valence-electron chi connectivity index (χ0n) is 18.1. The van der Waals surface area contributed by atoms with Crippen LogP contribution in [0.4, 0.5) is 0 Å². The van der Waals surface area contributed by atoms with Crippen molar-refractivity contribution in [2.45, 2.75) is 109 Å². The standard InChI is InChI=1S/C26H40O2/c1-3-5-7-21-8-12-22(13-9-21)23-14-16-24(17-15-23)26(27)28-25-18-10-20(6-4-2)11-19-25/h14-17,20-22,25H,3-13,18-19H2,1-2H3/t20?,21-,22-,25?. The van der Waals surface area contributed by atoms with E-state index in [9.17, 15) is 4.79 Å². The molecule has 0 aliphatic heterocycles. The molecule has 2 fully saturated rings. The zero-order valence-corrected chi connectivity index (χ0v) is 18.1. The van der Waals surface area contributed by atoms with E-state index < -0.39 is 0 Å². The predicted molar refractivity (Wildman–Crippen MR) is 117 cm³/mol. The number of esters is 1. The van der Waals surface area contributed by atoms with Gasteiger partial charge in [-0.25, -0.2) is 4.79 Å². The van der Waals surface area contributed by atoms with Crippen LogP contribution in [0.25, 0.3) is 0 Å². The minimum absolute atomic E-state index is 0.124. The Bertz CT molecular complexity index is 575. The van der Waals surface area contributed by atoms with Gasteiger partial charge in [-0.3, -0.25) is 0 Å². The first-order valence-electron chi connectivity index (χ1n) is 12.0. The summed E-state index contributed by atoms with van der Waals surface area (Å²) in [4.78, 5) is 12.5. The first-order valence-corrected chi connectivity index (χ1v) is 12.0. The van der Waals surface area contributed by atoms with Gasteiger partial charge in [0, 0.05) is 0 Å². The summed E-state index contributed by atoms with van der Waals surface area (Å²) in [6.45, 7) is 4.55. The van der Waals surface area contributed by atoms with Gasteiger partial charge in [0.1, 0.15) is 6.10 Å². The molecule has 0 amide bonds. The van der Waals surface area contributed by atoms with Crippen molar-refractivity contribution in [1.82, 2.24) is 0 Å². The van der Waals surface area contributed by atoms with E-state index in [0.717, 1.165) is 30.2 Å². The summed E-state index contributed by atoms with van der Waals surface area (Å²) in [7, 11) is 0. The molecule has 0 spiro atoms. The fourth-order valence-electron chi connectivity index (χ4n) is 5.33. The van der Waals surface area contributed by atoms with Gasteiger partial charge in [0.2, 0.25) is 0 Å². The van der Waals surface area contributed by atoms with Crippen molar-refractivity contribution >= 4 is 5.97 Å². The SMILES string of the molecule is CCCC[C@H]1CC[C@H](c2ccc(C(=O)OC3CCC(CCC)CC3)cc2)CC1. The molecule has 2 aliphatic carbocycles. The van der Waals surface area contributed by atoms with Gasteiger partial charge in [-0.15, -0.1) is 0 Å². The maximum Gasteiger partial charge on any atom is 0.338 e. The van der Waals surface area contributed by atoms with Gasteiger partial charge in [-0.05, 0) is 86.8 Å². The molecule has 0 radical (unpaired) electrons. The molecular formula is C26H40O2. The molecule has 0 N–H and O–H groups in total. The van der Waals surface area contributed by atoms with E-state index in [1.807, 2.05) is 12.1 Å². The van der Waals surface area contributed by atoms with Crippen molar-refractivity contribution in [3.05, 3.63) is 35.4 Å². The molecule has 0 saturated heterocycles. The molecule has 0 heterocycles. The Balaban J connectivity index is 1.45. The second-order valence-corrected chi connectivity index (χ2v) is 9.32. The first kappa shape index (κ1) is 21.4. The van der Waals surface area contributed by atoms with Crippen LogP contribution in [0.1, 0.15) is 119 Å². The minimum atomic E-state index is -0.131. The molecular weight excluding hydrogens is 344 g/mol. The van der Waals surface area contributed by atoms with Crippen LogP contribution in [0.5, 0.6) is 0 Å². The summed E-state index contributed by atoms with van der Waals surface area (Å²) in [5.74, 6) is 2.33. The smallest absolute Gasteiger partial charge is 0.338 e. The fourth-order valence-corrected chi connectivity index (χ4v) is 5.33. The minimum Gasteiger partial charge on any atom is -0.459 e. The molecule has 0 unspecified atom stereocenters. The van der Waals surface area contributed by atoms with Crippen molar-refractivity contribution in [2.24, 2.45) is 11.8 Å². The van der Waals surface area contributed by atoms with Crippen molar-refractivity contribution in [2.75, 3.05) is 0 Å². The third-order valence-corrected chi connectivity index (χ3v) is 7.19. The second-order valence-electron chi connectivity index (χ2n) is 9.32. The normalized spacial score (nSPS) is 28.1. The van der Waals surface area contributed by atoms with Gasteiger partial charge in [-0.1, -0.05) is 58.1 Å². The lowest BCUT2D eigenvalue weighted by Gasteiger charge is -2.29. The Hall–Kier alpha value is -1.31. The summed E-state index contributed by atoms with van der Waals surface area (Å²) in [5, 5.41) is 0. The molecule has 28 heavy (non-hydrogen) atoms. The molecule has 156 valence electrons. The highest BCUT2D eigenvalue weighted by Crippen LogP contribution is 2.37. The zero-order chi connectivity index (χ0) is 19.8. The number of hydrogen-bond donors (Lipinski definition) is 0. The van der Waals surface area contributed by atoms with E-state index in [-0.39, 0.29) is 12.1 Å². The number of benzene rings is 1. The van der Waals surface area contributed by atoms with E-state index in [2.05, 4.69) is 26.0 Å². The van der Waals surface area contributed by atoms with Crippen LogP contribution in [0.2, 0.25) is 0 Å². The van der Waals surface area contributed by atoms with E-state index in [0.29, 0.717) is 5.92 Å². The van der Waals surface area contributed by atoms with Crippen LogP contribution in [0.3, 0.4) is 0 Å². The maximum atomic E-state index is 12.5. The topological polar surface area (TPSA) is 26.3 Å². The van der Waals surface area contributed by atoms with E-state index in [1.54, 1.807) is 0 Å². The summed E-state index contributed by atoms with van der Waals surface area (Å²) in [6.07, 6.45) is 16.7. The van der Waals surface area contributed by atoms with Crippen LogP contribution in [-0.2, 0) is 4.74 Å². The first-order chi connectivity index (χ1) is 13.7. The number of ether oxygens (including phenoxy) is 1. The molecule has 2 heteroatoms. The molecule has 1 aromatic carbocycles. The Kier molecular flexibility index (Phi) is 8.43. The van der Waals surface area contributed by atoms with Crippen molar-refractivity contribution in [3.8, 4) is 0 Å². The molecule has 2 aliphatic rings. The quantitative estimate of drug-likeness (QED) is 0.430. The van der Waals surface area contributed by atoms with Crippen LogP contribution in [-0.4, -0.2) is 12.1 Å². The van der Waals surface area contributed by atoms with Crippen molar-refractivity contribution in [1.29, 1.82) is 0 Å². The Morgan fingerprint density at radius 3 is 2.04 bits per heavy atom. The van der Waals surface area contributed by atoms with Crippen LogP contribution in [0.15, 0.2) is 24.3 Å². The number of rotatable bonds is 8. The van der Waals surface area contributed by atoms with Gasteiger partial charge < -0.3 is 4.74 Å². The number of carbonyl (C=O) groups excluding carboxylic acids is 1. The number of carbonyl (C=O) groups is 1. The molecule has 3 rings (SSSR count). The highest BCUT2D eigenvalue weighted by atomic mass is 16.5. The van der Waals surface area contributed by atoms with Crippen molar-refractivity contribution in [3.63, 3.8) is 0 Å². The van der Waals surface area contributed by atoms with Crippen LogP contribution >= 0.6 is 0 Å². The lowest BCUT2D eigenvalue weighted by Crippen LogP contribution is -2.24. The van der Waals surface area contributed by atoms with Gasteiger partial charge >= 0.3 is 5.97 Å². The molecule has 0 aromatic heterocycles. The molecule has 0 atom stereocenters. The lowest BCUT2D eigenvalue weighted by atomic mass is 9.77. The molecule has 0 bridgehead atoms. The Labute approximate surface area is 172 Å². The molecule has 2 saturated carbocycles. The number of hydrogen-bond acceptors (Lipinski definition) is 2. The fraction of sp³-hybridized carbons (Fsp3) is 0.731. The summed E-state index contributed by atoms with van der Waals surface area (Å²) < 4.78 is 5.80. The highest BCUT2D eigenvalue weighted by molar-refractivity contribution is 5.89. The average molecular weight is 385 g/mol. The average Bonchev–Trinajstić information content (AvgIpc) is 2.74.